The van der Waals surface area contributed by atoms with Crippen LogP contribution in [0.5, 0.6) is 5.75 Å². The number of anilines is 1. The van der Waals surface area contributed by atoms with Crippen LogP contribution < -0.4 is 9.64 Å². The molecule has 3 rings (SSSR count). The summed E-state index contributed by atoms with van der Waals surface area (Å²) in [5.74, 6) is 0.857. The smallest absolute Gasteiger partial charge is 0.311 e. The lowest BCUT2D eigenvalue weighted by Gasteiger charge is -2.36. The summed E-state index contributed by atoms with van der Waals surface area (Å²) in [5, 5.41) is 0. The first-order chi connectivity index (χ1) is 11.5. The van der Waals surface area contributed by atoms with Crippen molar-refractivity contribution in [2.45, 2.75) is 32.8 Å². The lowest BCUT2D eigenvalue weighted by atomic mass is 9.89. The lowest BCUT2D eigenvalue weighted by molar-refractivity contribution is -0.147. The molecule has 0 aromatic heterocycles. The van der Waals surface area contributed by atoms with Crippen LogP contribution in [0.25, 0.3) is 0 Å². The SMILES string of the molecule is COc1cccc(N2CCN(CCC3CC(C)(C)C(=O)O3)CC2)c1. The molecule has 0 amide bonds. The summed E-state index contributed by atoms with van der Waals surface area (Å²) in [4.78, 5) is 16.6. The van der Waals surface area contributed by atoms with Gasteiger partial charge in [-0.2, -0.15) is 0 Å². The van der Waals surface area contributed by atoms with Crippen LogP contribution in [0.4, 0.5) is 5.69 Å². The molecule has 0 radical (unpaired) electrons. The van der Waals surface area contributed by atoms with E-state index in [-0.39, 0.29) is 17.5 Å². The highest BCUT2D eigenvalue weighted by molar-refractivity contribution is 5.78. The van der Waals surface area contributed by atoms with E-state index in [1.165, 1.54) is 5.69 Å². The van der Waals surface area contributed by atoms with Crippen LogP contribution in [-0.2, 0) is 9.53 Å². The van der Waals surface area contributed by atoms with Crippen molar-refractivity contribution in [1.29, 1.82) is 0 Å². The molecule has 0 spiro atoms. The summed E-state index contributed by atoms with van der Waals surface area (Å²) in [6.07, 6.45) is 1.87. The minimum absolute atomic E-state index is 0.0460. The van der Waals surface area contributed by atoms with E-state index in [1.54, 1.807) is 7.11 Å². The molecule has 2 heterocycles. The molecule has 0 N–H and O–H groups in total. The number of ether oxygens (including phenoxy) is 2. The van der Waals surface area contributed by atoms with Gasteiger partial charge in [0.25, 0.3) is 0 Å². The normalized spacial score (nSPS) is 24.0. The van der Waals surface area contributed by atoms with E-state index in [4.69, 9.17) is 9.47 Å². The molecule has 5 nitrogen and oxygen atoms in total. The van der Waals surface area contributed by atoms with Crippen LogP contribution in [0.3, 0.4) is 0 Å². The molecule has 2 saturated heterocycles. The largest absolute Gasteiger partial charge is 0.497 e. The highest BCUT2D eigenvalue weighted by Crippen LogP contribution is 2.34. The lowest BCUT2D eigenvalue weighted by Crippen LogP contribution is -2.47. The van der Waals surface area contributed by atoms with Crippen molar-refractivity contribution in [3.8, 4) is 5.75 Å². The molecule has 132 valence electrons. The first kappa shape index (κ1) is 17.1. The highest BCUT2D eigenvalue weighted by Gasteiger charge is 2.41. The first-order valence-corrected chi connectivity index (χ1v) is 8.80. The first-order valence-electron chi connectivity index (χ1n) is 8.80. The zero-order chi connectivity index (χ0) is 17.2. The van der Waals surface area contributed by atoms with Gasteiger partial charge in [0.1, 0.15) is 11.9 Å². The molecule has 1 aromatic carbocycles. The number of rotatable bonds is 5. The van der Waals surface area contributed by atoms with Crippen molar-refractivity contribution in [2.24, 2.45) is 5.41 Å². The molecule has 0 aliphatic carbocycles. The highest BCUT2D eigenvalue weighted by atomic mass is 16.6. The molecule has 2 fully saturated rings. The topological polar surface area (TPSA) is 42.0 Å². The number of carbonyl (C=O) groups excluding carboxylic acids is 1. The fourth-order valence-electron chi connectivity index (χ4n) is 3.53. The zero-order valence-corrected chi connectivity index (χ0v) is 15.0. The Labute approximate surface area is 144 Å². The molecule has 0 saturated carbocycles. The van der Waals surface area contributed by atoms with Gasteiger partial charge in [-0.3, -0.25) is 9.69 Å². The summed E-state index contributed by atoms with van der Waals surface area (Å²) in [5.41, 5.74) is 0.913. The second-order valence-electron chi connectivity index (χ2n) is 7.43. The average molecular weight is 332 g/mol. The summed E-state index contributed by atoms with van der Waals surface area (Å²) in [7, 11) is 1.70. The molecule has 1 aromatic rings. The van der Waals surface area contributed by atoms with Crippen LogP contribution in [0, 0.1) is 5.41 Å². The third-order valence-electron chi connectivity index (χ3n) is 5.12. The van der Waals surface area contributed by atoms with Gasteiger partial charge in [-0.1, -0.05) is 6.07 Å². The third kappa shape index (κ3) is 3.83. The Kier molecular flexibility index (Phi) is 4.99. The summed E-state index contributed by atoms with van der Waals surface area (Å²) in [6, 6.07) is 8.24. The van der Waals surface area contributed by atoms with Crippen LogP contribution >= 0.6 is 0 Å². The standard InChI is InChI=1S/C19H28N2O3/c1-19(2)14-17(24-18(19)22)7-8-20-9-11-21(12-10-20)15-5-4-6-16(13-15)23-3/h4-6,13,17H,7-12,14H2,1-3H3. The van der Waals surface area contributed by atoms with Gasteiger partial charge in [0.2, 0.25) is 0 Å². The maximum absolute atomic E-state index is 11.8. The summed E-state index contributed by atoms with van der Waals surface area (Å²) >= 11 is 0. The van der Waals surface area contributed by atoms with E-state index < -0.39 is 0 Å². The molecular formula is C19H28N2O3. The van der Waals surface area contributed by atoms with Crippen molar-refractivity contribution in [1.82, 2.24) is 4.90 Å². The predicted octanol–water partition coefficient (Wildman–Crippen LogP) is 2.55. The van der Waals surface area contributed by atoms with E-state index in [0.717, 1.165) is 51.3 Å². The van der Waals surface area contributed by atoms with Gasteiger partial charge in [0.05, 0.1) is 12.5 Å². The van der Waals surface area contributed by atoms with Gasteiger partial charge in [-0.15, -0.1) is 0 Å². The quantitative estimate of drug-likeness (QED) is 0.775. The van der Waals surface area contributed by atoms with Gasteiger partial charge in [0, 0.05) is 44.5 Å². The van der Waals surface area contributed by atoms with Gasteiger partial charge in [0.15, 0.2) is 0 Å². The Morgan fingerprint density at radius 3 is 2.62 bits per heavy atom. The van der Waals surface area contributed by atoms with Gasteiger partial charge in [-0.25, -0.2) is 0 Å². The molecule has 0 bridgehead atoms. The molecule has 5 heteroatoms. The fraction of sp³-hybridized carbons (Fsp3) is 0.632. The van der Waals surface area contributed by atoms with Crippen molar-refractivity contribution >= 4 is 11.7 Å². The second-order valence-corrected chi connectivity index (χ2v) is 7.43. The number of nitrogens with zero attached hydrogens (tertiary/aromatic N) is 2. The molecule has 1 atom stereocenters. The third-order valence-corrected chi connectivity index (χ3v) is 5.12. The molecular weight excluding hydrogens is 304 g/mol. The Balaban J connectivity index is 1.45. The van der Waals surface area contributed by atoms with Crippen LogP contribution in [0.2, 0.25) is 0 Å². The van der Waals surface area contributed by atoms with Gasteiger partial charge < -0.3 is 14.4 Å². The second kappa shape index (κ2) is 7.01. The number of cyclic esters (lactones) is 1. The minimum atomic E-state index is -0.310. The molecule has 2 aliphatic heterocycles. The minimum Gasteiger partial charge on any atom is -0.497 e. The molecule has 24 heavy (non-hydrogen) atoms. The van der Waals surface area contributed by atoms with Gasteiger partial charge in [-0.05, 0) is 38.8 Å². The maximum atomic E-state index is 11.8. The van der Waals surface area contributed by atoms with Crippen molar-refractivity contribution < 1.29 is 14.3 Å². The van der Waals surface area contributed by atoms with Crippen LogP contribution in [0.15, 0.2) is 24.3 Å². The zero-order valence-electron chi connectivity index (χ0n) is 15.0. The number of piperazine rings is 1. The molecule has 2 aliphatic rings. The number of hydrogen-bond acceptors (Lipinski definition) is 5. The van der Waals surface area contributed by atoms with E-state index in [0.29, 0.717) is 0 Å². The van der Waals surface area contributed by atoms with E-state index in [1.807, 2.05) is 26.0 Å². The van der Waals surface area contributed by atoms with Crippen LogP contribution in [-0.4, -0.2) is 56.8 Å². The van der Waals surface area contributed by atoms with Crippen molar-refractivity contribution in [3.63, 3.8) is 0 Å². The number of esters is 1. The maximum Gasteiger partial charge on any atom is 0.311 e. The Hall–Kier alpha value is -1.75. The molecule has 1 unspecified atom stereocenters. The number of methoxy groups -OCH3 is 1. The van der Waals surface area contributed by atoms with E-state index in [2.05, 4.69) is 21.9 Å². The number of hydrogen-bond donors (Lipinski definition) is 0. The monoisotopic (exact) mass is 332 g/mol. The number of benzene rings is 1. The Bertz CT molecular complexity index is 580. The van der Waals surface area contributed by atoms with E-state index in [9.17, 15) is 4.79 Å². The van der Waals surface area contributed by atoms with E-state index >= 15 is 0 Å². The van der Waals surface area contributed by atoms with Crippen molar-refractivity contribution in [3.05, 3.63) is 24.3 Å². The Morgan fingerprint density at radius 1 is 1.25 bits per heavy atom. The summed E-state index contributed by atoms with van der Waals surface area (Å²) < 4.78 is 10.8. The number of carbonyl (C=O) groups is 1. The van der Waals surface area contributed by atoms with Gasteiger partial charge >= 0.3 is 5.97 Å². The predicted molar refractivity (Wildman–Crippen MR) is 94.5 cm³/mol. The van der Waals surface area contributed by atoms with Crippen LogP contribution in [0.1, 0.15) is 26.7 Å². The summed E-state index contributed by atoms with van der Waals surface area (Å²) in [6.45, 7) is 9.07. The Morgan fingerprint density at radius 2 is 2.00 bits per heavy atom. The average Bonchev–Trinajstić information content (AvgIpc) is 2.86. The van der Waals surface area contributed by atoms with Crippen molar-refractivity contribution in [2.75, 3.05) is 44.7 Å². The fourth-order valence-corrected chi connectivity index (χ4v) is 3.53.